The summed E-state index contributed by atoms with van der Waals surface area (Å²) in [7, 11) is 1.85. The Balaban J connectivity index is 2.11. The molecular weight excluding hydrogens is 248 g/mol. The van der Waals surface area contributed by atoms with Crippen molar-refractivity contribution in [3.05, 3.63) is 41.2 Å². The number of nitrogens with zero attached hydrogens (tertiary/aromatic N) is 2. The molecule has 0 radical (unpaired) electrons. The number of hydrogen-bond acceptors (Lipinski definition) is 2. The lowest BCUT2D eigenvalue weighted by molar-refractivity contribution is 0.0786. The van der Waals surface area contributed by atoms with Crippen molar-refractivity contribution in [1.82, 2.24) is 9.88 Å². The first kappa shape index (κ1) is 11.5. The molecule has 1 aliphatic carbocycles. The van der Waals surface area contributed by atoms with Gasteiger partial charge in [0.15, 0.2) is 0 Å². The summed E-state index contributed by atoms with van der Waals surface area (Å²) in [6.45, 7) is 0. The molecule has 1 aromatic carbocycles. The Hall–Kier alpha value is -1.61. The first-order chi connectivity index (χ1) is 8.68. The van der Waals surface area contributed by atoms with Crippen LogP contribution in [0.5, 0.6) is 0 Å². The van der Waals surface area contributed by atoms with Crippen LogP contribution in [0, 0.1) is 0 Å². The Labute approximate surface area is 110 Å². The van der Waals surface area contributed by atoms with E-state index in [-0.39, 0.29) is 5.91 Å². The molecule has 0 N–H and O–H groups in total. The fraction of sp³-hybridized carbons (Fsp3) is 0.286. The smallest absolute Gasteiger partial charge is 0.256 e. The number of pyridine rings is 1. The molecule has 1 saturated carbocycles. The maximum absolute atomic E-state index is 12.4. The zero-order valence-electron chi connectivity index (χ0n) is 10.1. The summed E-state index contributed by atoms with van der Waals surface area (Å²) in [6, 6.07) is 8.00. The van der Waals surface area contributed by atoms with Crippen LogP contribution in [0.25, 0.3) is 10.8 Å². The monoisotopic (exact) mass is 260 g/mol. The average molecular weight is 261 g/mol. The van der Waals surface area contributed by atoms with Crippen molar-refractivity contribution in [3.8, 4) is 0 Å². The Morgan fingerprint density at radius 3 is 2.67 bits per heavy atom. The van der Waals surface area contributed by atoms with Gasteiger partial charge in [0.2, 0.25) is 0 Å². The molecule has 1 aromatic heterocycles. The van der Waals surface area contributed by atoms with Crippen LogP contribution in [-0.4, -0.2) is 28.9 Å². The van der Waals surface area contributed by atoms with E-state index in [1.54, 1.807) is 11.1 Å². The van der Waals surface area contributed by atoms with E-state index in [0.29, 0.717) is 16.8 Å². The maximum atomic E-state index is 12.4. The molecule has 0 spiro atoms. The van der Waals surface area contributed by atoms with E-state index in [4.69, 9.17) is 11.6 Å². The SMILES string of the molecule is CN(C(=O)c1cnc(Cl)c2ccccc12)C1CC1. The van der Waals surface area contributed by atoms with Crippen LogP contribution in [0.15, 0.2) is 30.5 Å². The van der Waals surface area contributed by atoms with Crippen molar-refractivity contribution >= 4 is 28.3 Å². The van der Waals surface area contributed by atoms with Gasteiger partial charge >= 0.3 is 0 Å². The standard InChI is InChI=1S/C14H13ClN2O/c1-17(9-6-7-9)14(18)12-8-16-13(15)11-5-3-2-4-10(11)12/h2-5,8-9H,6-7H2,1H3. The largest absolute Gasteiger partial charge is 0.339 e. The topological polar surface area (TPSA) is 33.2 Å². The molecule has 1 amide bonds. The molecule has 92 valence electrons. The molecule has 1 aliphatic rings. The van der Waals surface area contributed by atoms with Crippen LogP contribution in [-0.2, 0) is 0 Å². The molecule has 2 aromatic rings. The third kappa shape index (κ3) is 1.85. The predicted molar refractivity (Wildman–Crippen MR) is 71.9 cm³/mol. The molecule has 3 rings (SSSR count). The summed E-state index contributed by atoms with van der Waals surface area (Å²) in [5.41, 5.74) is 0.629. The molecule has 0 aliphatic heterocycles. The van der Waals surface area contributed by atoms with Crippen LogP contribution < -0.4 is 0 Å². The normalized spacial score (nSPS) is 14.8. The van der Waals surface area contributed by atoms with Gasteiger partial charge < -0.3 is 4.90 Å². The van der Waals surface area contributed by atoms with Gasteiger partial charge in [-0.25, -0.2) is 4.98 Å². The number of benzene rings is 1. The van der Waals surface area contributed by atoms with Gasteiger partial charge in [-0.15, -0.1) is 0 Å². The van der Waals surface area contributed by atoms with E-state index >= 15 is 0 Å². The molecule has 4 heteroatoms. The third-order valence-corrected chi connectivity index (χ3v) is 3.69. The molecule has 1 fully saturated rings. The van der Waals surface area contributed by atoms with E-state index < -0.39 is 0 Å². The fourth-order valence-corrected chi connectivity index (χ4v) is 2.36. The van der Waals surface area contributed by atoms with Gasteiger partial charge in [0, 0.05) is 24.7 Å². The van der Waals surface area contributed by atoms with Crippen molar-refractivity contribution in [2.45, 2.75) is 18.9 Å². The Morgan fingerprint density at radius 1 is 1.33 bits per heavy atom. The van der Waals surface area contributed by atoms with Gasteiger partial charge in [0.05, 0.1) is 5.56 Å². The van der Waals surface area contributed by atoms with Crippen LogP contribution in [0.1, 0.15) is 23.2 Å². The molecule has 3 nitrogen and oxygen atoms in total. The number of rotatable bonds is 2. The summed E-state index contributed by atoms with van der Waals surface area (Å²) in [4.78, 5) is 18.3. The van der Waals surface area contributed by atoms with Gasteiger partial charge in [-0.2, -0.15) is 0 Å². The highest BCUT2D eigenvalue weighted by molar-refractivity contribution is 6.34. The quantitative estimate of drug-likeness (QED) is 0.778. The molecule has 18 heavy (non-hydrogen) atoms. The summed E-state index contributed by atoms with van der Waals surface area (Å²) < 4.78 is 0. The summed E-state index contributed by atoms with van der Waals surface area (Å²) >= 11 is 6.05. The number of aromatic nitrogens is 1. The van der Waals surface area contributed by atoms with Crippen LogP contribution in [0.3, 0.4) is 0 Å². The second kappa shape index (κ2) is 4.25. The first-order valence-corrected chi connectivity index (χ1v) is 6.36. The second-order valence-electron chi connectivity index (χ2n) is 4.66. The van der Waals surface area contributed by atoms with E-state index in [9.17, 15) is 4.79 Å². The Bertz CT molecular complexity index is 622. The van der Waals surface area contributed by atoms with E-state index in [2.05, 4.69) is 4.98 Å². The average Bonchev–Trinajstić information content (AvgIpc) is 3.22. The summed E-state index contributed by atoms with van der Waals surface area (Å²) in [6.07, 6.45) is 3.77. The van der Waals surface area contributed by atoms with Gasteiger partial charge in [-0.3, -0.25) is 4.79 Å². The van der Waals surface area contributed by atoms with Crippen molar-refractivity contribution in [1.29, 1.82) is 0 Å². The number of halogens is 1. The number of hydrogen-bond donors (Lipinski definition) is 0. The zero-order valence-corrected chi connectivity index (χ0v) is 10.8. The van der Waals surface area contributed by atoms with E-state index in [0.717, 1.165) is 23.6 Å². The summed E-state index contributed by atoms with van der Waals surface area (Å²) in [5, 5.41) is 2.14. The van der Waals surface area contributed by atoms with Gasteiger partial charge in [-0.1, -0.05) is 35.9 Å². The molecule has 1 heterocycles. The minimum Gasteiger partial charge on any atom is -0.339 e. The lowest BCUT2D eigenvalue weighted by atomic mass is 10.1. The van der Waals surface area contributed by atoms with Crippen molar-refractivity contribution in [2.75, 3.05) is 7.05 Å². The number of carbonyl (C=O) groups excluding carboxylic acids is 1. The first-order valence-electron chi connectivity index (χ1n) is 5.99. The minimum atomic E-state index is 0.0258. The number of carbonyl (C=O) groups is 1. The molecule has 0 atom stereocenters. The highest BCUT2D eigenvalue weighted by atomic mass is 35.5. The van der Waals surface area contributed by atoms with Crippen LogP contribution in [0.2, 0.25) is 5.15 Å². The third-order valence-electron chi connectivity index (χ3n) is 3.39. The van der Waals surface area contributed by atoms with E-state index in [1.165, 1.54) is 0 Å². The molecular formula is C14H13ClN2O. The number of fused-ring (bicyclic) bond motifs is 1. The maximum Gasteiger partial charge on any atom is 0.256 e. The van der Waals surface area contributed by atoms with Crippen LogP contribution >= 0.6 is 11.6 Å². The zero-order chi connectivity index (χ0) is 12.7. The minimum absolute atomic E-state index is 0.0258. The van der Waals surface area contributed by atoms with Crippen molar-refractivity contribution < 1.29 is 4.79 Å². The Morgan fingerprint density at radius 2 is 2.00 bits per heavy atom. The lowest BCUT2D eigenvalue weighted by Crippen LogP contribution is -2.29. The van der Waals surface area contributed by atoms with Crippen molar-refractivity contribution in [2.24, 2.45) is 0 Å². The Kier molecular flexibility index (Phi) is 2.71. The molecule has 0 bridgehead atoms. The van der Waals surface area contributed by atoms with E-state index in [1.807, 2.05) is 31.3 Å². The van der Waals surface area contributed by atoms with Gasteiger partial charge in [-0.05, 0) is 18.2 Å². The van der Waals surface area contributed by atoms with Gasteiger partial charge in [0.25, 0.3) is 5.91 Å². The van der Waals surface area contributed by atoms with Gasteiger partial charge in [0.1, 0.15) is 5.15 Å². The second-order valence-corrected chi connectivity index (χ2v) is 5.01. The highest BCUT2D eigenvalue weighted by Crippen LogP contribution is 2.29. The predicted octanol–water partition coefficient (Wildman–Crippen LogP) is 3.12. The molecule has 0 unspecified atom stereocenters. The van der Waals surface area contributed by atoms with Crippen molar-refractivity contribution in [3.63, 3.8) is 0 Å². The summed E-state index contributed by atoms with van der Waals surface area (Å²) in [5.74, 6) is 0.0258. The molecule has 0 saturated heterocycles. The highest BCUT2D eigenvalue weighted by Gasteiger charge is 2.30. The fourth-order valence-electron chi connectivity index (χ4n) is 2.15. The lowest BCUT2D eigenvalue weighted by Gasteiger charge is -2.17. The number of amides is 1. The van der Waals surface area contributed by atoms with Crippen LogP contribution in [0.4, 0.5) is 0 Å².